The SMILES string of the molecule is CC(CCO)CNC(=O)CCNC(=O)c1ccco1. The van der Waals surface area contributed by atoms with Crippen LogP contribution in [0.4, 0.5) is 0 Å². The number of carbonyl (C=O) groups excluding carboxylic acids is 2. The van der Waals surface area contributed by atoms with Crippen LogP contribution in [0.2, 0.25) is 0 Å². The summed E-state index contributed by atoms with van der Waals surface area (Å²) in [5, 5.41) is 14.1. The second-order valence-corrected chi connectivity index (χ2v) is 4.40. The molecule has 106 valence electrons. The van der Waals surface area contributed by atoms with E-state index in [4.69, 9.17) is 9.52 Å². The van der Waals surface area contributed by atoms with Crippen molar-refractivity contribution < 1.29 is 19.1 Å². The van der Waals surface area contributed by atoms with E-state index in [-0.39, 0.29) is 43.1 Å². The Labute approximate surface area is 112 Å². The Morgan fingerprint density at radius 3 is 2.84 bits per heavy atom. The van der Waals surface area contributed by atoms with E-state index in [9.17, 15) is 9.59 Å². The van der Waals surface area contributed by atoms with Gasteiger partial charge in [0.15, 0.2) is 5.76 Å². The zero-order valence-corrected chi connectivity index (χ0v) is 11.0. The van der Waals surface area contributed by atoms with Gasteiger partial charge in [0.25, 0.3) is 5.91 Å². The van der Waals surface area contributed by atoms with Crippen molar-refractivity contribution in [3.05, 3.63) is 24.2 Å². The fourth-order valence-electron chi connectivity index (χ4n) is 1.48. The van der Waals surface area contributed by atoms with Crippen molar-refractivity contribution in [3.8, 4) is 0 Å². The molecule has 1 aromatic heterocycles. The Kier molecular flexibility index (Phi) is 6.67. The van der Waals surface area contributed by atoms with Crippen LogP contribution in [0.1, 0.15) is 30.3 Å². The molecule has 1 aromatic rings. The van der Waals surface area contributed by atoms with Crippen molar-refractivity contribution in [2.24, 2.45) is 5.92 Å². The van der Waals surface area contributed by atoms with E-state index in [0.717, 1.165) is 0 Å². The van der Waals surface area contributed by atoms with E-state index in [0.29, 0.717) is 13.0 Å². The van der Waals surface area contributed by atoms with E-state index in [1.54, 1.807) is 12.1 Å². The zero-order valence-electron chi connectivity index (χ0n) is 11.0. The maximum absolute atomic E-state index is 11.5. The standard InChI is InChI=1S/C13H20N2O4/c1-10(5-7-16)9-15-12(17)4-6-14-13(18)11-3-2-8-19-11/h2-3,8,10,16H,4-7,9H2,1H3,(H,14,18)(H,15,17). The Morgan fingerprint density at radius 2 is 2.21 bits per heavy atom. The van der Waals surface area contributed by atoms with Gasteiger partial charge in [-0.25, -0.2) is 0 Å². The molecule has 0 aromatic carbocycles. The first-order valence-electron chi connectivity index (χ1n) is 6.32. The third-order valence-corrected chi connectivity index (χ3v) is 2.65. The van der Waals surface area contributed by atoms with Crippen LogP contribution in [0.5, 0.6) is 0 Å². The second kappa shape index (κ2) is 8.31. The number of amides is 2. The lowest BCUT2D eigenvalue weighted by Crippen LogP contribution is -2.32. The molecule has 2 amide bonds. The van der Waals surface area contributed by atoms with E-state index >= 15 is 0 Å². The maximum Gasteiger partial charge on any atom is 0.286 e. The van der Waals surface area contributed by atoms with Crippen molar-refractivity contribution in [1.82, 2.24) is 10.6 Å². The first kappa shape index (κ1) is 15.2. The van der Waals surface area contributed by atoms with Crippen LogP contribution in [0.15, 0.2) is 22.8 Å². The monoisotopic (exact) mass is 268 g/mol. The van der Waals surface area contributed by atoms with Gasteiger partial charge in [0.1, 0.15) is 0 Å². The molecule has 3 N–H and O–H groups in total. The third kappa shape index (κ3) is 6.05. The molecular weight excluding hydrogens is 248 g/mol. The quantitative estimate of drug-likeness (QED) is 0.641. The van der Waals surface area contributed by atoms with Crippen molar-refractivity contribution in [2.75, 3.05) is 19.7 Å². The van der Waals surface area contributed by atoms with Gasteiger partial charge in [-0.2, -0.15) is 0 Å². The summed E-state index contributed by atoms with van der Waals surface area (Å²) in [6.45, 7) is 2.87. The van der Waals surface area contributed by atoms with Gasteiger partial charge >= 0.3 is 0 Å². The number of nitrogens with one attached hydrogen (secondary N) is 2. The van der Waals surface area contributed by atoms with Crippen molar-refractivity contribution in [3.63, 3.8) is 0 Å². The van der Waals surface area contributed by atoms with Crippen LogP contribution in [0.3, 0.4) is 0 Å². The molecule has 0 bridgehead atoms. The van der Waals surface area contributed by atoms with E-state index in [2.05, 4.69) is 10.6 Å². The molecule has 0 spiro atoms. The highest BCUT2D eigenvalue weighted by molar-refractivity contribution is 5.91. The number of furan rings is 1. The molecular formula is C13H20N2O4. The van der Waals surface area contributed by atoms with Gasteiger partial charge < -0.3 is 20.2 Å². The van der Waals surface area contributed by atoms with Gasteiger partial charge in [-0.1, -0.05) is 6.92 Å². The predicted octanol–water partition coefficient (Wildman–Crippen LogP) is 0.534. The summed E-state index contributed by atoms with van der Waals surface area (Å²) in [5.74, 6) is 0.0274. The first-order chi connectivity index (χ1) is 9.13. The highest BCUT2D eigenvalue weighted by Crippen LogP contribution is 1.99. The van der Waals surface area contributed by atoms with Crippen molar-refractivity contribution in [2.45, 2.75) is 19.8 Å². The molecule has 19 heavy (non-hydrogen) atoms. The number of aliphatic hydroxyl groups is 1. The molecule has 6 nitrogen and oxygen atoms in total. The molecule has 1 unspecified atom stereocenters. The fourth-order valence-corrected chi connectivity index (χ4v) is 1.48. The minimum absolute atomic E-state index is 0.121. The third-order valence-electron chi connectivity index (χ3n) is 2.65. The van der Waals surface area contributed by atoms with Gasteiger partial charge in [0.05, 0.1) is 6.26 Å². The minimum atomic E-state index is -0.327. The van der Waals surface area contributed by atoms with Gasteiger partial charge in [0.2, 0.25) is 5.91 Å². The van der Waals surface area contributed by atoms with Gasteiger partial charge in [-0.15, -0.1) is 0 Å². The van der Waals surface area contributed by atoms with Crippen LogP contribution >= 0.6 is 0 Å². The number of rotatable bonds is 8. The summed E-state index contributed by atoms with van der Waals surface area (Å²) in [6, 6.07) is 3.19. The molecule has 0 aliphatic carbocycles. The predicted molar refractivity (Wildman–Crippen MR) is 69.5 cm³/mol. The molecule has 6 heteroatoms. The lowest BCUT2D eigenvalue weighted by Gasteiger charge is -2.11. The second-order valence-electron chi connectivity index (χ2n) is 4.40. The molecule has 0 fully saturated rings. The minimum Gasteiger partial charge on any atom is -0.459 e. The highest BCUT2D eigenvalue weighted by atomic mass is 16.3. The fraction of sp³-hybridized carbons (Fsp3) is 0.538. The number of aliphatic hydroxyl groups excluding tert-OH is 1. The van der Waals surface area contributed by atoms with Crippen LogP contribution in [0.25, 0.3) is 0 Å². The molecule has 1 atom stereocenters. The van der Waals surface area contributed by atoms with Crippen LogP contribution in [-0.4, -0.2) is 36.6 Å². The summed E-state index contributed by atoms with van der Waals surface area (Å²) < 4.78 is 4.92. The average Bonchev–Trinajstić information content (AvgIpc) is 2.90. The maximum atomic E-state index is 11.5. The number of carbonyl (C=O) groups is 2. The lowest BCUT2D eigenvalue weighted by atomic mass is 10.1. The Hall–Kier alpha value is -1.82. The van der Waals surface area contributed by atoms with Crippen molar-refractivity contribution in [1.29, 1.82) is 0 Å². The average molecular weight is 268 g/mol. The smallest absolute Gasteiger partial charge is 0.286 e. The molecule has 0 saturated carbocycles. The molecule has 1 rings (SSSR count). The normalized spacial score (nSPS) is 11.9. The first-order valence-corrected chi connectivity index (χ1v) is 6.32. The topological polar surface area (TPSA) is 91.6 Å². The lowest BCUT2D eigenvalue weighted by molar-refractivity contribution is -0.121. The van der Waals surface area contributed by atoms with E-state index in [1.165, 1.54) is 6.26 Å². The van der Waals surface area contributed by atoms with Crippen molar-refractivity contribution >= 4 is 11.8 Å². The Bertz CT molecular complexity index is 389. The summed E-state index contributed by atoms with van der Waals surface area (Å²) >= 11 is 0. The molecule has 0 radical (unpaired) electrons. The summed E-state index contributed by atoms with van der Waals surface area (Å²) in [6.07, 6.45) is 2.30. The van der Waals surface area contributed by atoms with Crippen LogP contribution in [-0.2, 0) is 4.79 Å². The molecule has 0 saturated heterocycles. The highest BCUT2D eigenvalue weighted by Gasteiger charge is 2.09. The van der Waals surface area contributed by atoms with Crippen LogP contribution < -0.4 is 10.6 Å². The molecule has 0 aliphatic rings. The zero-order chi connectivity index (χ0) is 14.1. The largest absolute Gasteiger partial charge is 0.459 e. The molecule has 1 heterocycles. The summed E-state index contributed by atoms with van der Waals surface area (Å²) in [5.41, 5.74) is 0. The number of hydrogen-bond donors (Lipinski definition) is 3. The molecule has 0 aliphatic heterocycles. The van der Waals surface area contributed by atoms with Gasteiger partial charge in [-0.3, -0.25) is 9.59 Å². The summed E-state index contributed by atoms with van der Waals surface area (Å²) in [7, 11) is 0. The van der Waals surface area contributed by atoms with E-state index < -0.39 is 0 Å². The Morgan fingerprint density at radius 1 is 1.42 bits per heavy atom. The summed E-state index contributed by atoms with van der Waals surface area (Å²) in [4.78, 5) is 22.9. The van der Waals surface area contributed by atoms with E-state index in [1.807, 2.05) is 6.92 Å². The number of hydrogen-bond acceptors (Lipinski definition) is 4. The van der Waals surface area contributed by atoms with Gasteiger partial charge in [-0.05, 0) is 24.5 Å². The Balaban J connectivity index is 2.12. The van der Waals surface area contributed by atoms with Gasteiger partial charge in [0, 0.05) is 26.1 Å². The van der Waals surface area contributed by atoms with Crippen LogP contribution in [0, 0.1) is 5.92 Å².